The monoisotopic (exact) mass is 703 g/mol. The molecule has 3 heterocycles. The summed E-state index contributed by atoms with van der Waals surface area (Å²) in [6, 6.07) is 26.4. The van der Waals surface area contributed by atoms with E-state index in [-0.39, 0.29) is 68.7 Å². The highest BCUT2D eigenvalue weighted by Crippen LogP contribution is 2.40. The van der Waals surface area contributed by atoms with Gasteiger partial charge in [-0.3, -0.25) is 0 Å². The number of para-hydroxylation sites is 3. The smallest absolute Gasteiger partial charge is 0.167 e. The molecule has 3 aromatic heterocycles. The van der Waals surface area contributed by atoms with Crippen LogP contribution in [0.15, 0.2) is 184 Å². The Morgan fingerprint density at radius 3 is 2.00 bits per heavy atom. The Balaban J connectivity index is 1.04. The Morgan fingerprint density at radius 2 is 1.09 bits per heavy atom. The van der Waals surface area contributed by atoms with Crippen LogP contribution in [0, 0.1) is 0 Å². The average molecular weight is 704 g/mol. The summed E-state index contributed by atoms with van der Waals surface area (Å²) < 4.78 is 115. The molecule has 0 saturated heterocycles. The molecule has 0 unspecified atom stereocenters. The summed E-state index contributed by atoms with van der Waals surface area (Å²) in [5.74, 6) is 0.250. The van der Waals surface area contributed by atoms with Crippen LogP contribution < -0.4 is 0 Å². The molecule has 8 aromatic carbocycles. The van der Waals surface area contributed by atoms with E-state index in [4.69, 9.17) is 40.2 Å². The number of rotatable bonds is 5. The lowest BCUT2D eigenvalue weighted by Crippen LogP contribution is -2.00. The fraction of sp³-hybridized carbons (Fsp3) is 0. The van der Waals surface area contributed by atoms with Crippen molar-refractivity contribution in [3.8, 4) is 56.4 Å². The Labute approximate surface area is 326 Å². The zero-order chi connectivity index (χ0) is 46.0. The number of nitrogens with zero attached hydrogens (tertiary/aromatic N) is 3. The Bertz CT molecular complexity index is 3900. The van der Waals surface area contributed by atoms with Gasteiger partial charge in [0.1, 0.15) is 22.3 Å². The molecule has 5 heteroatoms. The first kappa shape index (κ1) is 20.6. The molecule has 0 aliphatic rings. The molecule has 54 heavy (non-hydrogen) atoms. The Morgan fingerprint density at radius 1 is 0.389 bits per heavy atom. The van der Waals surface area contributed by atoms with Crippen molar-refractivity contribution in [1.29, 1.82) is 0 Å². The summed E-state index contributed by atoms with van der Waals surface area (Å²) in [6.07, 6.45) is 0. The second-order valence-electron chi connectivity index (χ2n) is 12.7. The summed E-state index contributed by atoms with van der Waals surface area (Å²) in [5.41, 5.74) is 4.20. The third-order valence-corrected chi connectivity index (χ3v) is 9.58. The quantitative estimate of drug-likeness (QED) is 0.178. The van der Waals surface area contributed by atoms with E-state index >= 15 is 0 Å². The van der Waals surface area contributed by atoms with Gasteiger partial charge in [-0.2, -0.15) is 0 Å². The van der Waals surface area contributed by atoms with Crippen LogP contribution in [0.5, 0.6) is 0 Å². The summed E-state index contributed by atoms with van der Waals surface area (Å²) in [4.78, 5) is 14.3. The fourth-order valence-electron chi connectivity index (χ4n) is 7.08. The van der Waals surface area contributed by atoms with E-state index in [1.165, 1.54) is 0 Å². The summed E-state index contributed by atoms with van der Waals surface area (Å²) >= 11 is 0. The molecule has 11 rings (SSSR count). The van der Waals surface area contributed by atoms with Crippen LogP contribution in [0.1, 0.15) is 16.4 Å². The molecular weight excluding hydrogens is 663 g/mol. The zero-order valence-electron chi connectivity index (χ0n) is 40.0. The molecule has 0 amide bonds. The van der Waals surface area contributed by atoms with E-state index < -0.39 is 54.4 Å². The highest BCUT2D eigenvalue weighted by atomic mass is 16.3. The van der Waals surface area contributed by atoms with Crippen LogP contribution in [-0.4, -0.2) is 15.0 Å². The van der Waals surface area contributed by atoms with Gasteiger partial charge in [0, 0.05) is 32.7 Å². The Hall–Kier alpha value is -7.37. The number of benzene rings is 8. The summed E-state index contributed by atoms with van der Waals surface area (Å²) in [6.45, 7) is 0. The van der Waals surface area contributed by atoms with Crippen LogP contribution in [-0.2, 0) is 0 Å². The minimum Gasteiger partial charge on any atom is -0.456 e. The number of hydrogen-bond acceptors (Lipinski definition) is 5. The van der Waals surface area contributed by atoms with Gasteiger partial charge in [-0.05, 0) is 63.3 Å². The largest absolute Gasteiger partial charge is 0.456 e. The first-order chi connectivity index (χ1) is 31.7. The van der Waals surface area contributed by atoms with E-state index in [9.17, 15) is 0 Å². The molecule has 252 valence electrons. The van der Waals surface area contributed by atoms with Crippen molar-refractivity contribution in [3.63, 3.8) is 0 Å². The van der Waals surface area contributed by atoms with Gasteiger partial charge in [-0.1, -0.05) is 145 Å². The van der Waals surface area contributed by atoms with Gasteiger partial charge in [0.05, 0.1) is 22.0 Å². The van der Waals surface area contributed by atoms with E-state index in [0.717, 1.165) is 27.3 Å². The third-order valence-electron chi connectivity index (χ3n) is 9.58. The number of fused-ring (bicyclic) bond motifs is 7. The molecule has 0 radical (unpaired) electrons. The molecule has 0 aliphatic heterocycles. The van der Waals surface area contributed by atoms with Crippen molar-refractivity contribution >= 4 is 54.6 Å². The van der Waals surface area contributed by atoms with Crippen molar-refractivity contribution in [2.75, 3.05) is 0 Å². The molecule has 0 atom stereocenters. The SMILES string of the molecule is [2H]c1c([2H])c([2H])c(-c2nc(-c3ccc(-c4ccc5c(-c6c([2H])c([2H])c([2H])c7oc8c([2H])c([2H])c([2H])c([2H])c8c67)cccc5c4)cc3)nc(-c3cccc4c3oc3ccccc34)n2)c([2H])c1[2H]. The number of furan rings is 2. The average Bonchev–Trinajstić information content (AvgIpc) is 3.93. The summed E-state index contributed by atoms with van der Waals surface area (Å²) in [7, 11) is 0. The van der Waals surface area contributed by atoms with E-state index in [1.54, 1.807) is 18.2 Å². The molecule has 5 nitrogen and oxygen atoms in total. The van der Waals surface area contributed by atoms with Gasteiger partial charge >= 0.3 is 0 Å². The zero-order valence-corrected chi connectivity index (χ0v) is 28.0. The maximum absolute atomic E-state index is 9.06. The molecule has 0 aliphatic carbocycles. The lowest BCUT2D eigenvalue weighted by Gasteiger charge is -2.11. The van der Waals surface area contributed by atoms with Gasteiger partial charge in [-0.25, -0.2) is 15.0 Å². The topological polar surface area (TPSA) is 65.0 Å². The summed E-state index contributed by atoms with van der Waals surface area (Å²) in [5, 5.41) is 3.38. The molecular formula is C49H29N3O2. The molecule has 0 spiro atoms. The lowest BCUT2D eigenvalue weighted by atomic mass is 9.93. The lowest BCUT2D eigenvalue weighted by molar-refractivity contribution is 0.669. The normalized spacial score (nSPS) is 14.8. The van der Waals surface area contributed by atoms with E-state index in [1.807, 2.05) is 84.9 Å². The minimum atomic E-state index is -0.538. The predicted molar refractivity (Wildman–Crippen MR) is 219 cm³/mol. The Kier molecular flexibility index (Phi) is 4.62. The highest BCUT2D eigenvalue weighted by Gasteiger charge is 2.18. The van der Waals surface area contributed by atoms with Crippen molar-refractivity contribution in [3.05, 3.63) is 176 Å². The van der Waals surface area contributed by atoms with Gasteiger partial charge in [0.15, 0.2) is 17.5 Å². The van der Waals surface area contributed by atoms with Gasteiger partial charge in [0.2, 0.25) is 0 Å². The maximum Gasteiger partial charge on any atom is 0.167 e. The van der Waals surface area contributed by atoms with Crippen LogP contribution in [0.25, 0.3) is 111 Å². The van der Waals surface area contributed by atoms with Crippen LogP contribution in [0.3, 0.4) is 0 Å². The van der Waals surface area contributed by atoms with Gasteiger partial charge in [0.25, 0.3) is 0 Å². The van der Waals surface area contributed by atoms with Gasteiger partial charge < -0.3 is 8.83 Å². The third kappa shape index (κ3) is 4.90. The maximum atomic E-state index is 9.06. The standard InChI is InChI=1S/C49H29N3O2/c1-2-11-31(12-3-1)47-50-48(52-49(51-47)41-19-9-18-39-37-14-4-6-20-42(37)54-46(39)41)32-25-23-30(24-26-32)33-27-28-35-34(29-33)13-8-16-36(35)38-17-10-22-44-45(38)40-15-5-7-21-43(40)53-44/h1-29H/i1D,2D,3D,5D,7D,10D,11D,12D,15D,17D,21D,22D. The van der Waals surface area contributed by atoms with Crippen molar-refractivity contribution < 1.29 is 25.3 Å². The van der Waals surface area contributed by atoms with Crippen molar-refractivity contribution in [2.45, 2.75) is 0 Å². The second kappa shape index (κ2) is 12.1. The van der Waals surface area contributed by atoms with Crippen LogP contribution in [0.4, 0.5) is 0 Å². The molecule has 0 fully saturated rings. The minimum absolute atomic E-state index is 0.0408. The fourth-order valence-corrected chi connectivity index (χ4v) is 7.08. The molecule has 0 N–H and O–H groups in total. The van der Waals surface area contributed by atoms with Crippen molar-refractivity contribution in [2.24, 2.45) is 0 Å². The van der Waals surface area contributed by atoms with Gasteiger partial charge in [-0.15, -0.1) is 0 Å². The highest BCUT2D eigenvalue weighted by molar-refractivity contribution is 6.15. The predicted octanol–water partition coefficient (Wildman–Crippen LogP) is 13.2. The molecule has 11 aromatic rings. The molecule has 0 bridgehead atoms. The van der Waals surface area contributed by atoms with Crippen molar-refractivity contribution in [1.82, 2.24) is 15.0 Å². The van der Waals surface area contributed by atoms with Crippen LogP contribution in [0.2, 0.25) is 0 Å². The number of hydrogen-bond donors (Lipinski definition) is 0. The first-order valence-corrected chi connectivity index (χ1v) is 17.0. The number of aromatic nitrogens is 3. The van der Waals surface area contributed by atoms with E-state index in [0.29, 0.717) is 33.2 Å². The van der Waals surface area contributed by atoms with E-state index in [2.05, 4.69) is 0 Å². The van der Waals surface area contributed by atoms with Crippen LogP contribution >= 0.6 is 0 Å². The first-order valence-electron chi connectivity index (χ1n) is 23.0. The second-order valence-corrected chi connectivity index (χ2v) is 12.7. The molecule has 0 saturated carbocycles.